The monoisotopic (exact) mass is 465 g/mol. The van der Waals surface area contributed by atoms with Gasteiger partial charge in [-0.15, -0.1) is 0 Å². The Morgan fingerprint density at radius 1 is 1.12 bits per heavy atom. The van der Waals surface area contributed by atoms with Gasteiger partial charge in [0.05, 0.1) is 16.1 Å². The zero-order valence-electron chi connectivity index (χ0n) is 19.2. The Bertz CT molecular complexity index is 1130. The molecular formula is C26H32ClN5O. The van der Waals surface area contributed by atoms with E-state index >= 15 is 0 Å². The van der Waals surface area contributed by atoms with Crippen LogP contribution in [0.4, 0.5) is 5.69 Å². The number of carbonyl (C=O) groups is 1. The summed E-state index contributed by atoms with van der Waals surface area (Å²) in [4.78, 5) is 25.6. The number of nitrogens with zero attached hydrogens (tertiary/aromatic N) is 3. The zero-order valence-corrected chi connectivity index (χ0v) is 20.0. The van der Waals surface area contributed by atoms with Gasteiger partial charge in [0.1, 0.15) is 5.82 Å². The molecule has 0 atom stereocenters. The lowest BCUT2D eigenvalue weighted by Crippen LogP contribution is -2.42. The highest BCUT2D eigenvalue weighted by atomic mass is 35.5. The fourth-order valence-electron chi connectivity index (χ4n) is 5.03. The molecule has 0 radical (unpaired) electrons. The summed E-state index contributed by atoms with van der Waals surface area (Å²) < 4.78 is 0. The number of aromatic nitrogens is 2. The van der Waals surface area contributed by atoms with E-state index in [2.05, 4.69) is 51.3 Å². The molecule has 3 aromatic rings. The molecule has 7 heteroatoms. The van der Waals surface area contributed by atoms with E-state index in [1.165, 1.54) is 31.5 Å². The molecule has 0 unspecified atom stereocenters. The van der Waals surface area contributed by atoms with Gasteiger partial charge in [-0.25, -0.2) is 4.98 Å². The van der Waals surface area contributed by atoms with Crippen LogP contribution < -0.4 is 10.2 Å². The van der Waals surface area contributed by atoms with Crippen LogP contribution in [0.1, 0.15) is 31.2 Å². The number of halogens is 1. The summed E-state index contributed by atoms with van der Waals surface area (Å²) >= 11 is 6.55. The molecule has 1 amide bonds. The number of imidazole rings is 1. The van der Waals surface area contributed by atoms with Gasteiger partial charge in [-0.2, -0.15) is 0 Å². The lowest BCUT2D eigenvalue weighted by atomic mass is 9.95. The van der Waals surface area contributed by atoms with Crippen molar-refractivity contribution in [1.82, 2.24) is 20.2 Å². The van der Waals surface area contributed by atoms with Gasteiger partial charge in [0, 0.05) is 43.3 Å². The first-order chi connectivity index (χ1) is 16.1. The summed E-state index contributed by atoms with van der Waals surface area (Å²) in [5.41, 5.74) is 5.18. The Morgan fingerprint density at radius 3 is 2.70 bits per heavy atom. The van der Waals surface area contributed by atoms with E-state index in [0.717, 1.165) is 67.1 Å². The highest BCUT2D eigenvalue weighted by Gasteiger charge is 2.25. The van der Waals surface area contributed by atoms with E-state index in [0.29, 0.717) is 5.02 Å². The minimum atomic E-state index is 0.102. The maximum absolute atomic E-state index is 12.6. The smallest absolute Gasteiger partial charge is 0.223 e. The first-order valence-electron chi connectivity index (χ1n) is 12.1. The normalized spacial score (nSPS) is 17.7. The van der Waals surface area contributed by atoms with Gasteiger partial charge in [0.25, 0.3) is 0 Å². The van der Waals surface area contributed by atoms with Crippen LogP contribution in [0.3, 0.4) is 0 Å². The van der Waals surface area contributed by atoms with Crippen LogP contribution in [0.25, 0.3) is 22.4 Å². The molecule has 2 N–H and O–H groups in total. The van der Waals surface area contributed by atoms with E-state index in [-0.39, 0.29) is 11.8 Å². The minimum absolute atomic E-state index is 0.102. The van der Waals surface area contributed by atoms with Crippen molar-refractivity contribution in [3.8, 4) is 11.4 Å². The third-order valence-electron chi connectivity index (χ3n) is 7.00. The lowest BCUT2D eigenvalue weighted by Gasteiger charge is -2.33. The van der Waals surface area contributed by atoms with E-state index in [1.54, 1.807) is 0 Å². The van der Waals surface area contributed by atoms with Gasteiger partial charge in [-0.1, -0.05) is 17.7 Å². The SMILES string of the molecule is Cc1ccc2nc(-c3cc(N4CCC(C(=O)NCCN5CCCC5)CC4)ccc3Cl)[nH]c2c1. The summed E-state index contributed by atoms with van der Waals surface area (Å²) in [6.07, 6.45) is 4.32. The number of nitrogens with one attached hydrogen (secondary N) is 2. The summed E-state index contributed by atoms with van der Waals surface area (Å²) in [6, 6.07) is 12.3. The average molecular weight is 466 g/mol. The van der Waals surface area contributed by atoms with Gasteiger partial charge in [-0.3, -0.25) is 4.79 Å². The minimum Gasteiger partial charge on any atom is -0.371 e. The van der Waals surface area contributed by atoms with E-state index < -0.39 is 0 Å². The largest absolute Gasteiger partial charge is 0.371 e. The van der Waals surface area contributed by atoms with E-state index in [4.69, 9.17) is 16.6 Å². The molecular weight excluding hydrogens is 434 g/mol. The lowest BCUT2D eigenvalue weighted by molar-refractivity contribution is -0.125. The molecule has 0 aliphatic carbocycles. The molecule has 2 aromatic carbocycles. The fraction of sp³-hybridized carbons (Fsp3) is 0.462. The average Bonchev–Trinajstić information content (AvgIpc) is 3.49. The molecule has 2 saturated heterocycles. The molecule has 2 aliphatic rings. The van der Waals surface area contributed by atoms with Crippen molar-refractivity contribution in [2.24, 2.45) is 5.92 Å². The molecule has 2 aliphatic heterocycles. The summed E-state index contributed by atoms with van der Waals surface area (Å²) in [6.45, 7) is 7.88. The number of aromatic amines is 1. The number of aryl methyl sites for hydroxylation is 1. The van der Waals surface area contributed by atoms with Crippen LogP contribution in [0, 0.1) is 12.8 Å². The molecule has 174 valence electrons. The number of carbonyl (C=O) groups excluding carboxylic acids is 1. The Balaban J connectivity index is 1.21. The van der Waals surface area contributed by atoms with Crippen molar-refractivity contribution in [2.75, 3.05) is 44.2 Å². The van der Waals surface area contributed by atoms with Gasteiger partial charge < -0.3 is 20.1 Å². The van der Waals surface area contributed by atoms with Crippen LogP contribution in [0.5, 0.6) is 0 Å². The van der Waals surface area contributed by atoms with Gasteiger partial charge in [-0.05, 0) is 81.6 Å². The van der Waals surface area contributed by atoms with Crippen molar-refractivity contribution < 1.29 is 4.79 Å². The maximum Gasteiger partial charge on any atom is 0.223 e. The summed E-state index contributed by atoms with van der Waals surface area (Å²) in [5, 5.41) is 3.84. The van der Waals surface area contributed by atoms with Crippen molar-refractivity contribution in [2.45, 2.75) is 32.6 Å². The molecule has 0 spiro atoms. The van der Waals surface area contributed by atoms with Crippen LogP contribution in [0.2, 0.25) is 5.02 Å². The third kappa shape index (κ3) is 5.02. The van der Waals surface area contributed by atoms with E-state index in [9.17, 15) is 4.79 Å². The molecule has 5 rings (SSSR count). The van der Waals surface area contributed by atoms with Gasteiger partial charge >= 0.3 is 0 Å². The molecule has 0 saturated carbocycles. The van der Waals surface area contributed by atoms with Gasteiger partial charge in [0.2, 0.25) is 5.91 Å². The Hall–Kier alpha value is -2.57. The van der Waals surface area contributed by atoms with Gasteiger partial charge in [0.15, 0.2) is 0 Å². The van der Waals surface area contributed by atoms with Crippen LogP contribution >= 0.6 is 11.6 Å². The van der Waals surface area contributed by atoms with Crippen molar-refractivity contribution >= 4 is 34.2 Å². The van der Waals surface area contributed by atoms with Crippen LogP contribution in [-0.2, 0) is 4.79 Å². The van der Waals surface area contributed by atoms with Crippen molar-refractivity contribution in [3.05, 3.63) is 47.0 Å². The highest BCUT2D eigenvalue weighted by molar-refractivity contribution is 6.33. The number of piperidine rings is 1. The number of hydrogen-bond acceptors (Lipinski definition) is 4. The second kappa shape index (κ2) is 9.74. The first kappa shape index (κ1) is 22.2. The quantitative estimate of drug-likeness (QED) is 0.557. The van der Waals surface area contributed by atoms with E-state index in [1.807, 2.05) is 12.1 Å². The Morgan fingerprint density at radius 2 is 1.91 bits per heavy atom. The standard InChI is InChI=1S/C26H32ClN5O/c1-18-4-7-23-24(16-18)30-25(29-23)21-17-20(5-6-22(21)27)32-13-8-19(9-14-32)26(33)28-10-15-31-11-2-3-12-31/h4-7,16-17,19H,2-3,8-15H2,1H3,(H,28,33)(H,29,30). The summed E-state index contributed by atoms with van der Waals surface area (Å²) in [7, 11) is 0. The molecule has 33 heavy (non-hydrogen) atoms. The number of hydrogen-bond donors (Lipinski definition) is 2. The fourth-order valence-corrected chi connectivity index (χ4v) is 5.24. The highest BCUT2D eigenvalue weighted by Crippen LogP contribution is 2.33. The molecule has 6 nitrogen and oxygen atoms in total. The topological polar surface area (TPSA) is 64.3 Å². The second-order valence-corrected chi connectivity index (χ2v) is 9.78. The van der Waals surface area contributed by atoms with Crippen molar-refractivity contribution in [3.63, 3.8) is 0 Å². The third-order valence-corrected chi connectivity index (χ3v) is 7.33. The number of fused-ring (bicyclic) bond motifs is 1. The molecule has 3 heterocycles. The number of likely N-dealkylation sites (tertiary alicyclic amines) is 1. The molecule has 0 bridgehead atoms. The number of benzene rings is 2. The number of anilines is 1. The maximum atomic E-state index is 12.6. The Kier molecular flexibility index (Phi) is 6.56. The predicted octanol–water partition coefficient (Wildman–Crippen LogP) is 4.62. The predicted molar refractivity (Wildman–Crippen MR) is 135 cm³/mol. The molecule has 1 aromatic heterocycles. The number of H-pyrrole nitrogens is 1. The first-order valence-corrected chi connectivity index (χ1v) is 12.5. The Labute approximate surface area is 200 Å². The van der Waals surface area contributed by atoms with Crippen LogP contribution in [-0.4, -0.2) is 60.0 Å². The number of amides is 1. The zero-order chi connectivity index (χ0) is 22.8. The number of rotatable bonds is 6. The molecule has 2 fully saturated rings. The summed E-state index contributed by atoms with van der Waals surface area (Å²) in [5.74, 6) is 1.10. The second-order valence-electron chi connectivity index (χ2n) is 9.37. The van der Waals surface area contributed by atoms with Crippen LogP contribution in [0.15, 0.2) is 36.4 Å². The van der Waals surface area contributed by atoms with Crippen molar-refractivity contribution in [1.29, 1.82) is 0 Å².